The van der Waals surface area contributed by atoms with Crippen molar-refractivity contribution in [1.29, 1.82) is 0 Å². The average Bonchev–Trinajstić information content (AvgIpc) is 2.96. The van der Waals surface area contributed by atoms with Gasteiger partial charge in [0.25, 0.3) is 0 Å². The SMILES string of the molecule is CCNC(COC1CCCC1)c1cccc(C(F)(F)F)c1. The van der Waals surface area contributed by atoms with Gasteiger partial charge in [0.05, 0.1) is 24.3 Å². The Morgan fingerprint density at radius 3 is 2.62 bits per heavy atom. The molecule has 2 rings (SSSR count). The van der Waals surface area contributed by atoms with Gasteiger partial charge in [-0.15, -0.1) is 0 Å². The third-order valence-electron chi connectivity index (χ3n) is 3.87. The van der Waals surface area contributed by atoms with Crippen LogP contribution in [0.2, 0.25) is 0 Å². The molecule has 2 nitrogen and oxygen atoms in total. The van der Waals surface area contributed by atoms with Crippen molar-refractivity contribution in [3.05, 3.63) is 35.4 Å². The van der Waals surface area contributed by atoms with Gasteiger partial charge >= 0.3 is 6.18 Å². The van der Waals surface area contributed by atoms with E-state index in [0.717, 1.165) is 18.9 Å². The van der Waals surface area contributed by atoms with Crippen LogP contribution in [0.5, 0.6) is 0 Å². The molecule has 0 aromatic heterocycles. The minimum absolute atomic E-state index is 0.196. The number of alkyl halides is 3. The van der Waals surface area contributed by atoms with E-state index in [2.05, 4.69) is 5.32 Å². The Morgan fingerprint density at radius 2 is 2.00 bits per heavy atom. The van der Waals surface area contributed by atoms with Crippen LogP contribution in [0.4, 0.5) is 13.2 Å². The number of halogens is 3. The second kappa shape index (κ2) is 7.27. The summed E-state index contributed by atoms with van der Waals surface area (Å²) in [5.41, 5.74) is 0.0217. The van der Waals surface area contributed by atoms with Crippen LogP contribution in [0, 0.1) is 0 Å². The zero-order valence-corrected chi connectivity index (χ0v) is 12.2. The summed E-state index contributed by atoms with van der Waals surface area (Å²) in [6.45, 7) is 3.05. The molecule has 0 aliphatic heterocycles. The van der Waals surface area contributed by atoms with E-state index in [1.165, 1.54) is 25.0 Å². The van der Waals surface area contributed by atoms with Gasteiger partial charge in [-0.1, -0.05) is 31.9 Å². The third kappa shape index (κ3) is 4.71. The Morgan fingerprint density at radius 1 is 1.29 bits per heavy atom. The summed E-state index contributed by atoms with van der Waals surface area (Å²) in [7, 11) is 0. The maximum atomic E-state index is 12.8. The number of benzene rings is 1. The molecular formula is C16H22F3NO. The highest BCUT2D eigenvalue weighted by atomic mass is 19.4. The van der Waals surface area contributed by atoms with E-state index in [9.17, 15) is 13.2 Å². The van der Waals surface area contributed by atoms with Crippen molar-refractivity contribution in [2.45, 2.75) is 50.9 Å². The first kappa shape index (κ1) is 16.3. The van der Waals surface area contributed by atoms with E-state index in [4.69, 9.17) is 4.74 Å². The maximum absolute atomic E-state index is 12.8. The minimum Gasteiger partial charge on any atom is -0.376 e. The fraction of sp³-hybridized carbons (Fsp3) is 0.625. The fourth-order valence-corrected chi connectivity index (χ4v) is 2.74. The van der Waals surface area contributed by atoms with Gasteiger partial charge in [-0.25, -0.2) is 0 Å². The molecule has 0 spiro atoms. The van der Waals surface area contributed by atoms with E-state index in [1.807, 2.05) is 6.92 Å². The summed E-state index contributed by atoms with van der Waals surface area (Å²) in [5, 5.41) is 3.21. The van der Waals surface area contributed by atoms with Crippen LogP contribution in [0.25, 0.3) is 0 Å². The standard InChI is InChI=1S/C16H22F3NO/c1-2-20-15(11-21-14-8-3-4-9-14)12-6-5-7-13(10-12)16(17,18)19/h5-7,10,14-15,20H,2-4,8-9,11H2,1H3. The van der Waals surface area contributed by atoms with E-state index in [-0.39, 0.29) is 12.1 Å². The molecule has 0 saturated heterocycles. The van der Waals surface area contributed by atoms with Gasteiger partial charge < -0.3 is 10.1 Å². The topological polar surface area (TPSA) is 21.3 Å². The Bertz CT molecular complexity index is 441. The molecular weight excluding hydrogens is 279 g/mol. The van der Waals surface area contributed by atoms with Crippen molar-refractivity contribution in [3.8, 4) is 0 Å². The summed E-state index contributed by atoms with van der Waals surface area (Å²) >= 11 is 0. The molecule has 0 radical (unpaired) electrons. The largest absolute Gasteiger partial charge is 0.416 e. The molecule has 1 saturated carbocycles. The molecule has 0 amide bonds. The minimum atomic E-state index is -4.31. The summed E-state index contributed by atoms with van der Waals surface area (Å²) in [4.78, 5) is 0. The van der Waals surface area contributed by atoms with Crippen LogP contribution in [0.15, 0.2) is 24.3 Å². The molecule has 1 aromatic rings. The Kier molecular flexibility index (Phi) is 5.65. The van der Waals surface area contributed by atoms with Crippen LogP contribution in [-0.2, 0) is 10.9 Å². The predicted molar refractivity (Wildman–Crippen MR) is 76.1 cm³/mol. The summed E-state index contributed by atoms with van der Waals surface area (Å²) in [5.74, 6) is 0. The normalized spacial score (nSPS) is 18.1. The second-order valence-electron chi connectivity index (χ2n) is 5.47. The highest BCUT2D eigenvalue weighted by Gasteiger charge is 2.31. The molecule has 0 bridgehead atoms. The first-order chi connectivity index (χ1) is 10.0. The smallest absolute Gasteiger partial charge is 0.376 e. The number of hydrogen-bond acceptors (Lipinski definition) is 2. The lowest BCUT2D eigenvalue weighted by Gasteiger charge is -2.22. The van der Waals surface area contributed by atoms with Crippen molar-refractivity contribution >= 4 is 0 Å². The molecule has 1 aromatic carbocycles. The molecule has 5 heteroatoms. The van der Waals surface area contributed by atoms with Crippen molar-refractivity contribution in [1.82, 2.24) is 5.32 Å². The highest BCUT2D eigenvalue weighted by molar-refractivity contribution is 5.28. The third-order valence-corrected chi connectivity index (χ3v) is 3.87. The predicted octanol–water partition coefficient (Wildman–Crippen LogP) is 4.32. The molecule has 1 N–H and O–H groups in total. The number of rotatable bonds is 6. The van der Waals surface area contributed by atoms with Crippen molar-refractivity contribution in [3.63, 3.8) is 0 Å². The van der Waals surface area contributed by atoms with Crippen molar-refractivity contribution < 1.29 is 17.9 Å². The van der Waals surface area contributed by atoms with Crippen molar-refractivity contribution in [2.24, 2.45) is 0 Å². The van der Waals surface area contributed by atoms with Crippen LogP contribution in [-0.4, -0.2) is 19.3 Å². The van der Waals surface area contributed by atoms with Gasteiger partial charge in [-0.3, -0.25) is 0 Å². The fourth-order valence-electron chi connectivity index (χ4n) is 2.74. The van der Waals surface area contributed by atoms with E-state index in [1.54, 1.807) is 6.07 Å². The number of nitrogens with one attached hydrogen (secondary N) is 1. The molecule has 0 heterocycles. The maximum Gasteiger partial charge on any atom is 0.416 e. The van der Waals surface area contributed by atoms with E-state index < -0.39 is 11.7 Å². The summed E-state index contributed by atoms with van der Waals surface area (Å²) < 4.78 is 44.2. The Labute approximate surface area is 123 Å². The zero-order valence-electron chi connectivity index (χ0n) is 12.2. The molecule has 118 valence electrons. The zero-order chi connectivity index (χ0) is 15.3. The summed E-state index contributed by atoms with van der Waals surface area (Å²) in [6, 6.07) is 5.30. The molecule has 21 heavy (non-hydrogen) atoms. The van der Waals surface area contributed by atoms with Gasteiger partial charge in [-0.05, 0) is 37.1 Å². The van der Waals surface area contributed by atoms with Gasteiger partial charge in [0, 0.05) is 0 Å². The van der Waals surface area contributed by atoms with E-state index in [0.29, 0.717) is 18.7 Å². The molecule has 1 aliphatic rings. The molecule has 1 atom stereocenters. The monoisotopic (exact) mass is 301 g/mol. The van der Waals surface area contributed by atoms with Gasteiger partial charge in [0.2, 0.25) is 0 Å². The van der Waals surface area contributed by atoms with Crippen LogP contribution >= 0.6 is 0 Å². The first-order valence-electron chi connectivity index (χ1n) is 7.53. The quantitative estimate of drug-likeness (QED) is 0.845. The summed E-state index contributed by atoms with van der Waals surface area (Å²) in [6.07, 6.45) is 0.430. The molecule has 1 unspecified atom stereocenters. The van der Waals surface area contributed by atoms with Crippen LogP contribution < -0.4 is 5.32 Å². The van der Waals surface area contributed by atoms with Crippen molar-refractivity contribution in [2.75, 3.05) is 13.2 Å². The second-order valence-corrected chi connectivity index (χ2v) is 5.47. The van der Waals surface area contributed by atoms with E-state index >= 15 is 0 Å². The van der Waals surface area contributed by atoms with Crippen LogP contribution in [0.3, 0.4) is 0 Å². The molecule has 1 fully saturated rings. The average molecular weight is 301 g/mol. The van der Waals surface area contributed by atoms with Gasteiger partial charge in [0.15, 0.2) is 0 Å². The molecule has 1 aliphatic carbocycles. The lowest BCUT2D eigenvalue weighted by atomic mass is 10.0. The number of hydrogen-bond donors (Lipinski definition) is 1. The lowest BCUT2D eigenvalue weighted by molar-refractivity contribution is -0.137. The highest BCUT2D eigenvalue weighted by Crippen LogP contribution is 2.31. The lowest BCUT2D eigenvalue weighted by Crippen LogP contribution is -2.27. The Balaban J connectivity index is 2.05. The van der Waals surface area contributed by atoms with Gasteiger partial charge in [0.1, 0.15) is 0 Å². The van der Waals surface area contributed by atoms with Crippen LogP contribution in [0.1, 0.15) is 49.8 Å². The Hall–Kier alpha value is -1.07. The number of likely N-dealkylation sites (N-methyl/N-ethyl adjacent to an activating group) is 1. The number of ether oxygens (including phenoxy) is 1. The van der Waals surface area contributed by atoms with Gasteiger partial charge in [-0.2, -0.15) is 13.2 Å². The first-order valence-corrected chi connectivity index (χ1v) is 7.53.